The fourth-order valence-corrected chi connectivity index (χ4v) is 1.70. The van der Waals surface area contributed by atoms with Crippen LogP contribution in [0.5, 0.6) is 0 Å². The molecule has 1 N–H and O–H groups in total. The predicted molar refractivity (Wildman–Crippen MR) is 61.1 cm³/mol. The molecule has 0 aliphatic heterocycles. The van der Waals surface area contributed by atoms with E-state index in [9.17, 15) is 14.9 Å². The summed E-state index contributed by atoms with van der Waals surface area (Å²) in [6.45, 7) is 1.67. The van der Waals surface area contributed by atoms with Gasteiger partial charge in [-0.25, -0.2) is 4.68 Å². The van der Waals surface area contributed by atoms with Crippen LogP contribution in [-0.4, -0.2) is 31.0 Å². The van der Waals surface area contributed by atoms with Crippen molar-refractivity contribution in [3.8, 4) is 0 Å². The maximum Gasteiger partial charge on any atom is 0.305 e. The molecule has 0 aliphatic rings. The number of rotatable bonds is 4. The normalized spacial score (nSPS) is 12.5. The maximum atomic E-state index is 10.7. The number of non-ortho nitro benzene ring substituents is 1. The molecule has 0 saturated heterocycles. The third-order valence-electron chi connectivity index (χ3n) is 2.55. The van der Waals surface area contributed by atoms with E-state index in [-0.39, 0.29) is 12.1 Å². The van der Waals surface area contributed by atoms with Gasteiger partial charge in [-0.3, -0.25) is 14.9 Å². The van der Waals surface area contributed by atoms with Crippen LogP contribution >= 0.6 is 0 Å². The van der Waals surface area contributed by atoms with Crippen LogP contribution in [0, 0.1) is 10.1 Å². The zero-order valence-electron chi connectivity index (χ0n) is 9.48. The van der Waals surface area contributed by atoms with E-state index < -0.39 is 16.9 Å². The van der Waals surface area contributed by atoms with Crippen LogP contribution in [0.15, 0.2) is 18.2 Å². The number of nitrogens with zero attached hydrogens (tertiary/aromatic N) is 4. The number of hydrogen-bond acceptors (Lipinski definition) is 5. The number of carboxylic acids is 1. The zero-order chi connectivity index (χ0) is 13.3. The van der Waals surface area contributed by atoms with Crippen molar-refractivity contribution >= 4 is 22.7 Å². The lowest BCUT2D eigenvalue weighted by atomic mass is 10.2. The Bertz CT molecular complexity index is 621. The largest absolute Gasteiger partial charge is 0.481 e. The van der Waals surface area contributed by atoms with Crippen LogP contribution in [0.4, 0.5) is 5.69 Å². The number of aliphatic carboxylic acids is 1. The van der Waals surface area contributed by atoms with E-state index in [0.717, 1.165) is 0 Å². The summed E-state index contributed by atoms with van der Waals surface area (Å²) >= 11 is 0. The van der Waals surface area contributed by atoms with E-state index in [1.165, 1.54) is 22.9 Å². The molecule has 8 heteroatoms. The Morgan fingerprint density at radius 3 is 2.94 bits per heavy atom. The molecule has 0 radical (unpaired) electrons. The van der Waals surface area contributed by atoms with Crippen molar-refractivity contribution in [2.75, 3.05) is 0 Å². The molecule has 1 atom stereocenters. The number of benzene rings is 1. The molecule has 0 aliphatic carbocycles. The number of nitro groups is 1. The minimum absolute atomic E-state index is 0.0754. The third kappa shape index (κ3) is 2.12. The van der Waals surface area contributed by atoms with Crippen LogP contribution in [0.3, 0.4) is 0 Å². The summed E-state index contributed by atoms with van der Waals surface area (Å²) in [7, 11) is 0. The molecule has 2 aromatic rings. The Hall–Kier alpha value is -2.51. The van der Waals surface area contributed by atoms with Crippen LogP contribution < -0.4 is 0 Å². The molecule has 1 aromatic carbocycles. The molecule has 8 nitrogen and oxygen atoms in total. The van der Waals surface area contributed by atoms with Gasteiger partial charge in [0.1, 0.15) is 5.52 Å². The van der Waals surface area contributed by atoms with E-state index in [0.29, 0.717) is 11.0 Å². The average molecular weight is 250 g/mol. The SMILES string of the molecule is C[C@@H](CC(=O)O)n1nnc2ccc([N+](=O)[O-])cc21. The van der Waals surface area contributed by atoms with Crippen molar-refractivity contribution in [1.82, 2.24) is 15.0 Å². The second-order valence-corrected chi connectivity index (χ2v) is 3.91. The lowest BCUT2D eigenvalue weighted by Gasteiger charge is -2.09. The van der Waals surface area contributed by atoms with E-state index in [1.807, 2.05) is 0 Å². The molecule has 0 unspecified atom stereocenters. The molecule has 0 bridgehead atoms. The van der Waals surface area contributed by atoms with E-state index in [1.54, 1.807) is 6.92 Å². The highest BCUT2D eigenvalue weighted by Crippen LogP contribution is 2.22. The van der Waals surface area contributed by atoms with Gasteiger partial charge in [-0.15, -0.1) is 5.10 Å². The summed E-state index contributed by atoms with van der Waals surface area (Å²) in [5.41, 5.74) is 0.879. The van der Waals surface area contributed by atoms with Crippen LogP contribution in [0.1, 0.15) is 19.4 Å². The first-order valence-corrected chi connectivity index (χ1v) is 5.20. The Balaban J connectivity index is 2.48. The van der Waals surface area contributed by atoms with E-state index >= 15 is 0 Å². The lowest BCUT2D eigenvalue weighted by molar-refractivity contribution is -0.384. The second kappa shape index (κ2) is 4.40. The van der Waals surface area contributed by atoms with Gasteiger partial charge in [-0.05, 0) is 13.0 Å². The van der Waals surface area contributed by atoms with Crippen molar-refractivity contribution in [2.45, 2.75) is 19.4 Å². The van der Waals surface area contributed by atoms with Gasteiger partial charge in [0.25, 0.3) is 5.69 Å². The van der Waals surface area contributed by atoms with Gasteiger partial charge in [0, 0.05) is 12.1 Å². The van der Waals surface area contributed by atoms with Gasteiger partial charge in [-0.2, -0.15) is 0 Å². The molecule has 1 heterocycles. The number of carbonyl (C=O) groups is 1. The molecule has 2 rings (SSSR count). The Kier molecular flexibility index (Phi) is 2.92. The lowest BCUT2D eigenvalue weighted by Crippen LogP contribution is -2.11. The predicted octanol–water partition coefficient (Wildman–Crippen LogP) is 1.38. The molecular formula is C10H10N4O4. The Morgan fingerprint density at radius 2 is 2.33 bits per heavy atom. The highest BCUT2D eigenvalue weighted by Gasteiger charge is 2.16. The first kappa shape index (κ1) is 12.0. The minimum Gasteiger partial charge on any atom is -0.481 e. The average Bonchev–Trinajstić information content (AvgIpc) is 2.70. The smallest absolute Gasteiger partial charge is 0.305 e. The first-order chi connectivity index (χ1) is 8.49. The fourth-order valence-electron chi connectivity index (χ4n) is 1.70. The van der Waals surface area contributed by atoms with Gasteiger partial charge in [0.2, 0.25) is 0 Å². The Morgan fingerprint density at radius 1 is 1.61 bits per heavy atom. The second-order valence-electron chi connectivity index (χ2n) is 3.91. The molecule has 0 saturated carbocycles. The molecule has 0 amide bonds. The standard InChI is InChI=1S/C10H10N4O4/c1-6(4-10(15)16)13-9-5-7(14(17)18)2-3-8(9)11-12-13/h2-3,5-6H,4H2,1H3,(H,15,16)/t6-/m0/s1. The summed E-state index contributed by atoms with van der Waals surface area (Å²) in [5, 5.41) is 27.1. The summed E-state index contributed by atoms with van der Waals surface area (Å²) in [5.74, 6) is -0.961. The summed E-state index contributed by atoms with van der Waals surface area (Å²) < 4.78 is 1.39. The van der Waals surface area contributed by atoms with Crippen molar-refractivity contribution in [3.63, 3.8) is 0 Å². The molecular weight excluding hydrogens is 240 g/mol. The fraction of sp³-hybridized carbons (Fsp3) is 0.300. The van der Waals surface area contributed by atoms with Gasteiger partial charge in [0.15, 0.2) is 0 Å². The van der Waals surface area contributed by atoms with Crippen molar-refractivity contribution in [3.05, 3.63) is 28.3 Å². The van der Waals surface area contributed by atoms with Gasteiger partial charge < -0.3 is 5.11 Å². The number of hydrogen-bond donors (Lipinski definition) is 1. The molecule has 1 aromatic heterocycles. The number of fused-ring (bicyclic) bond motifs is 1. The molecule has 0 fully saturated rings. The Labute approximate surface area is 101 Å². The summed E-state index contributed by atoms with van der Waals surface area (Å²) in [6, 6.07) is 3.75. The maximum absolute atomic E-state index is 10.7. The van der Waals surface area contributed by atoms with Crippen molar-refractivity contribution in [1.29, 1.82) is 0 Å². The molecule has 18 heavy (non-hydrogen) atoms. The van der Waals surface area contributed by atoms with Gasteiger partial charge in [-0.1, -0.05) is 5.21 Å². The molecule has 0 spiro atoms. The highest BCUT2D eigenvalue weighted by molar-refractivity contribution is 5.77. The highest BCUT2D eigenvalue weighted by atomic mass is 16.6. The first-order valence-electron chi connectivity index (χ1n) is 5.20. The summed E-state index contributed by atoms with van der Waals surface area (Å²) in [4.78, 5) is 20.8. The van der Waals surface area contributed by atoms with Crippen molar-refractivity contribution in [2.24, 2.45) is 0 Å². The van der Waals surface area contributed by atoms with Gasteiger partial charge >= 0.3 is 5.97 Å². The molecule has 94 valence electrons. The quantitative estimate of drug-likeness (QED) is 0.648. The van der Waals surface area contributed by atoms with Gasteiger partial charge in [0.05, 0.1) is 22.9 Å². The monoisotopic (exact) mass is 250 g/mol. The van der Waals surface area contributed by atoms with E-state index in [4.69, 9.17) is 5.11 Å². The minimum atomic E-state index is -0.961. The van der Waals surface area contributed by atoms with Crippen LogP contribution in [0.2, 0.25) is 0 Å². The summed E-state index contributed by atoms with van der Waals surface area (Å²) in [6.07, 6.45) is -0.124. The van der Waals surface area contributed by atoms with Crippen LogP contribution in [-0.2, 0) is 4.79 Å². The number of carboxylic acid groups (broad SMARTS) is 1. The van der Waals surface area contributed by atoms with Crippen molar-refractivity contribution < 1.29 is 14.8 Å². The zero-order valence-corrected chi connectivity index (χ0v) is 9.48. The number of aromatic nitrogens is 3. The third-order valence-corrected chi connectivity index (χ3v) is 2.55. The van der Waals surface area contributed by atoms with E-state index in [2.05, 4.69) is 10.3 Å². The van der Waals surface area contributed by atoms with Crippen LogP contribution in [0.25, 0.3) is 11.0 Å². The number of nitro benzene ring substituents is 1. The topological polar surface area (TPSA) is 111 Å².